The second-order valence-corrected chi connectivity index (χ2v) is 4.46. The van der Waals surface area contributed by atoms with E-state index in [1.54, 1.807) is 23.9 Å². The summed E-state index contributed by atoms with van der Waals surface area (Å²) in [6.45, 7) is 4.33. The van der Waals surface area contributed by atoms with Crippen molar-refractivity contribution in [2.45, 2.75) is 26.3 Å². The average molecular weight is 659 g/mol. The minimum atomic E-state index is 0. The molecule has 0 heterocycles. The number of nitrogens with one attached hydrogen (secondary N) is 3. The Hall–Kier alpha value is 1.18. The molecule has 138 valence electrons. The van der Waals surface area contributed by atoms with Crippen molar-refractivity contribution in [1.82, 2.24) is 25.8 Å². The summed E-state index contributed by atoms with van der Waals surface area (Å²) in [5, 5.41) is 8.11. The van der Waals surface area contributed by atoms with Gasteiger partial charge in [-0.2, -0.15) is 0 Å². The number of nitrogens with zero attached hydrogens (tertiary/aromatic N) is 2. The predicted molar refractivity (Wildman–Crippen MR) is 95.7 cm³/mol. The first kappa shape index (κ1) is 43.6. The minimum Gasteiger partial charge on any atom is -0.475 e. The van der Waals surface area contributed by atoms with Crippen LogP contribution in [0.5, 0.6) is 0 Å². The van der Waals surface area contributed by atoms with Gasteiger partial charge in [-0.05, 0) is 62.7 Å². The fourth-order valence-corrected chi connectivity index (χ4v) is 0.204. The molecule has 0 aliphatic heterocycles. The number of hydrogen-bond donors (Lipinski definition) is 3. The molecule has 1 unspecified atom stereocenters. The second kappa shape index (κ2) is 49.5. The molecule has 0 aromatic carbocycles. The van der Waals surface area contributed by atoms with E-state index >= 15 is 0 Å². The van der Waals surface area contributed by atoms with Gasteiger partial charge in [0.2, 0.25) is 0 Å². The van der Waals surface area contributed by atoms with Crippen LogP contribution in [-0.2, 0) is 42.1 Å². The van der Waals surface area contributed by atoms with Crippen molar-refractivity contribution in [2.24, 2.45) is 0 Å². The molecule has 0 aromatic heterocycles. The Morgan fingerprint density at radius 1 is 0.818 bits per heavy atom. The fourth-order valence-electron chi connectivity index (χ4n) is 0.204. The summed E-state index contributed by atoms with van der Waals surface area (Å²) in [7, 11) is 26.5. The van der Waals surface area contributed by atoms with Crippen molar-refractivity contribution in [3.05, 3.63) is 28.2 Å². The van der Waals surface area contributed by atoms with Crippen molar-refractivity contribution < 1.29 is 42.1 Å². The fraction of sp³-hybridized carbons (Fsp3) is 0.733. The van der Waals surface area contributed by atoms with E-state index in [0.717, 1.165) is 0 Å². The Bertz CT molecular complexity index is 101. The maximum Gasteiger partial charge on any atom is 2.00 e. The molecule has 7 heteroatoms. The maximum atomic E-state index is 3.47. The number of hydrogen-bond acceptors (Lipinski definition) is 5. The molecule has 0 bridgehead atoms. The van der Waals surface area contributed by atoms with Crippen LogP contribution in [0.3, 0.4) is 0 Å². The summed E-state index contributed by atoms with van der Waals surface area (Å²) in [5.41, 5.74) is 0. The van der Waals surface area contributed by atoms with E-state index < -0.39 is 0 Å². The number of rotatable bonds is 2. The summed E-state index contributed by atoms with van der Waals surface area (Å²) in [4.78, 5) is 3.50. The van der Waals surface area contributed by atoms with Crippen molar-refractivity contribution in [3.8, 4) is 0 Å². The zero-order chi connectivity index (χ0) is 17.6. The van der Waals surface area contributed by atoms with Crippen LogP contribution < -0.4 is 16.0 Å². The molecule has 22 heavy (non-hydrogen) atoms. The van der Waals surface area contributed by atoms with E-state index in [1.165, 1.54) is 6.42 Å². The van der Waals surface area contributed by atoms with Crippen molar-refractivity contribution >= 4 is 0 Å². The van der Waals surface area contributed by atoms with Gasteiger partial charge in [0, 0.05) is 6.04 Å². The molecule has 0 radical (unpaired) electrons. The Labute approximate surface area is 171 Å². The normalized spacial score (nSPS) is 8.86. The molecule has 1 atom stereocenters. The van der Waals surface area contributed by atoms with Crippen LogP contribution in [0.1, 0.15) is 20.3 Å². The van der Waals surface area contributed by atoms with Crippen LogP contribution in [0.15, 0.2) is 0 Å². The Morgan fingerprint density at radius 2 is 0.955 bits per heavy atom. The van der Waals surface area contributed by atoms with E-state index in [2.05, 4.69) is 58.0 Å². The zero-order valence-corrected chi connectivity index (χ0v) is 22.2. The van der Waals surface area contributed by atoms with Crippen LogP contribution in [0, 0.1) is 28.2 Å². The Morgan fingerprint density at radius 3 is 0.955 bits per heavy atom. The third kappa shape index (κ3) is 322. The molecule has 0 spiro atoms. The van der Waals surface area contributed by atoms with E-state index in [0.29, 0.717) is 6.04 Å². The zero-order valence-electron chi connectivity index (χ0n) is 16.3. The second-order valence-electron chi connectivity index (χ2n) is 4.46. The van der Waals surface area contributed by atoms with Crippen molar-refractivity contribution in [1.29, 1.82) is 0 Å². The van der Waals surface area contributed by atoms with E-state index in [9.17, 15) is 0 Å². The monoisotopic (exact) mass is 659 g/mol. The van der Waals surface area contributed by atoms with Crippen LogP contribution in [0.2, 0.25) is 0 Å². The van der Waals surface area contributed by atoms with Crippen LogP contribution in [0.4, 0.5) is 0 Å². The third-order valence-electron chi connectivity index (χ3n) is 1.11. The Balaban J connectivity index is -0.0000000257. The summed E-state index contributed by atoms with van der Waals surface area (Å²) in [5.74, 6) is 0. The molecule has 0 fully saturated rings. The van der Waals surface area contributed by atoms with E-state index in [4.69, 9.17) is 0 Å². The van der Waals surface area contributed by atoms with Crippen LogP contribution in [0.25, 0.3) is 0 Å². The molecule has 0 aliphatic rings. The van der Waals surface area contributed by atoms with Gasteiger partial charge in [-0.3, -0.25) is 28.2 Å². The smallest absolute Gasteiger partial charge is 0.475 e. The summed E-state index contributed by atoms with van der Waals surface area (Å²) in [6, 6.07) is 0.685. The molecule has 3 N–H and O–H groups in total. The van der Waals surface area contributed by atoms with E-state index in [-0.39, 0.29) is 42.1 Å². The van der Waals surface area contributed by atoms with Gasteiger partial charge in [-0.15, -0.1) is 0 Å². The molecule has 0 aliphatic carbocycles. The van der Waals surface area contributed by atoms with Crippen LogP contribution >= 0.6 is 0 Å². The van der Waals surface area contributed by atoms with Gasteiger partial charge in [0.15, 0.2) is 0 Å². The molecule has 5 nitrogen and oxygen atoms in total. The standard InChI is InChI=1S/C5H13N.2C3H8N.2C2H6N.2W/c1-4-5(2)6-3;2*1-4(2)3;2*1-3-2;;/h5-6H,4H2,1-3H3;2*1H2,2-3H3;2*3H,1H2,2H3;;/q;4*-1;2*+2. The molecule has 0 saturated heterocycles. The van der Waals surface area contributed by atoms with Gasteiger partial charge in [-0.1, -0.05) is 6.92 Å². The molecule has 0 saturated carbocycles. The first-order chi connectivity index (χ1) is 9.10. The van der Waals surface area contributed by atoms with Crippen LogP contribution in [-0.4, -0.2) is 65.2 Å². The molecule has 0 aromatic rings. The molecular weight excluding hydrogens is 618 g/mol. The van der Waals surface area contributed by atoms with Crippen molar-refractivity contribution in [2.75, 3.05) is 49.3 Å². The predicted octanol–water partition coefficient (Wildman–Crippen LogP) is 1.67. The molecule has 0 rings (SSSR count). The maximum absolute atomic E-state index is 3.47. The first-order valence-corrected chi connectivity index (χ1v) is 6.61. The quantitative estimate of drug-likeness (QED) is 0.395. The van der Waals surface area contributed by atoms with Gasteiger partial charge < -0.3 is 25.8 Å². The minimum absolute atomic E-state index is 0. The third-order valence-corrected chi connectivity index (χ3v) is 1.11. The largest absolute Gasteiger partial charge is 2.00 e. The molecular formula is C15H41N5W2. The van der Waals surface area contributed by atoms with Crippen molar-refractivity contribution in [3.63, 3.8) is 0 Å². The van der Waals surface area contributed by atoms with Gasteiger partial charge in [0.25, 0.3) is 0 Å². The topological polar surface area (TPSA) is 42.6 Å². The van der Waals surface area contributed by atoms with Gasteiger partial charge in [0.1, 0.15) is 0 Å². The van der Waals surface area contributed by atoms with Gasteiger partial charge in [0.05, 0.1) is 0 Å². The SMILES string of the molecule is CCC(C)NC.[CH2-]N(C)C.[CH2-]N(C)C.[CH2-]NC.[CH2-]NC.[W+2].[W+2]. The average Bonchev–Trinajstić information content (AvgIpc) is 2.28. The molecule has 0 amide bonds. The van der Waals surface area contributed by atoms with Gasteiger partial charge >= 0.3 is 42.1 Å². The van der Waals surface area contributed by atoms with Gasteiger partial charge in [-0.25, -0.2) is 0 Å². The van der Waals surface area contributed by atoms with E-state index in [1.807, 2.05) is 35.2 Å². The first-order valence-electron chi connectivity index (χ1n) is 6.61. The Kier molecular flexibility index (Phi) is 98.0. The summed E-state index contributed by atoms with van der Waals surface area (Å²) < 4.78 is 0. The summed E-state index contributed by atoms with van der Waals surface area (Å²) in [6.07, 6.45) is 1.22. The summed E-state index contributed by atoms with van der Waals surface area (Å²) >= 11 is 0.